The van der Waals surface area contributed by atoms with Crippen molar-refractivity contribution in [2.75, 3.05) is 11.7 Å². The normalized spacial score (nSPS) is 18.4. The number of anilines is 1. The maximum Gasteiger partial charge on any atom is 0.264 e. The highest BCUT2D eigenvalue weighted by Crippen LogP contribution is 2.44. The summed E-state index contributed by atoms with van der Waals surface area (Å²) in [5.41, 5.74) is 0.424. The lowest BCUT2D eigenvalue weighted by molar-refractivity contribution is -0.136. The topological polar surface area (TPSA) is 76.1 Å². The Kier molecular flexibility index (Phi) is 4.64. The molecule has 0 bridgehead atoms. The van der Waals surface area contributed by atoms with E-state index in [1.807, 2.05) is 48.5 Å². The zero-order chi connectivity index (χ0) is 23.3. The molecule has 0 saturated carbocycles. The van der Waals surface area contributed by atoms with Crippen molar-refractivity contribution in [1.82, 2.24) is 0 Å². The van der Waals surface area contributed by atoms with Crippen molar-refractivity contribution in [3.63, 3.8) is 0 Å². The second kappa shape index (κ2) is 7.71. The molecule has 6 nitrogen and oxygen atoms in total. The smallest absolute Gasteiger partial charge is 0.264 e. The Labute approximate surface area is 196 Å². The van der Waals surface area contributed by atoms with Crippen molar-refractivity contribution in [3.05, 3.63) is 102 Å². The van der Waals surface area contributed by atoms with Gasteiger partial charge in [-0.3, -0.25) is 9.59 Å². The molecule has 34 heavy (non-hydrogen) atoms. The first kappa shape index (κ1) is 20.4. The van der Waals surface area contributed by atoms with E-state index in [4.69, 9.17) is 9.47 Å². The van der Waals surface area contributed by atoms with Crippen LogP contribution >= 0.6 is 0 Å². The minimum atomic E-state index is -1.95. The number of fused-ring (bicyclic) bond motifs is 3. The van der Waals surface area contributed by atoms with Crippen LogP contribution in [0.1, 0.15) is 27.9 Å². The van der Waals surface area contributed by atoms with Gasteiger partial charge in [-0.05, 0) is 40.6 Å². The second-order valence-electron chi connectivity index (χ2n) is 8.57. The standard InChI is InChI=1S/C28H21NO5/c30-24(19-12-13-25-26(14-19)34-17-33-25)15-28(32)22-10-3-4-11-23(22)29(27(28)31)16-20-8-5-7-18-6-1-2-9-21(18)20/h1-14,32H,15-17H2/t28-/m0/s1. The average molecular weight is 451 g/mol. The molecule has 4 aromatic carbocycles. The van der Waals surface area contributed by atoms with E-state index >= 15 is 0 Å². The fourth-order valence-corrected chi connectivity index (χ4v) is 4.84. The number of aliphatic hydroxyl groups is 1. The molecule has 2 heterocycles. The lowest BCUT2D eigenvalue weighted by atomic mass is 9.88. The first-order valence-electron chi connectivity index (χ1n) is 11.1. The van der Waals surface area contributed by atoms with Crippen molar-refractivity contribution in [3.8, 4) is 11.5 Å². The van der Waals surface area contributed by atoms with E-state index in [9.17, 15) is 14.7 Å². The predicted octanol–water partition coefficient (Wildman–Crippen LogP) is 4.58. The van der Waals surface area contributed by atoms with Crippen molar-refractivity contribution >= 4 is 28.2 Å². The van der Waals surface area contributed by atoms with Crippen LogP contribution in [-0.4, -0.2) is 23.6 Å². The SMILES string of the molecule is O=C(C[C@@]1(O)C(=O)N(Cc2cccc3ccccc23)c2ccccc21)c1ccc2c(c1)OCO2. The van der Waals surface area contributed by atoms with E-state index in [2.05, 4.69) is 0 Å². The van der Waals surface area contributed by atoms with Gasteiger partial charge in [-0.15, -0.1) is 0 Å². The molecule has 1 atom stereocenters. The molecular formula is C28H21NO5. The molecule has 0 fully saturated rings. The molecule has 0 unspecified atom stereocenters. The van der Waals surface area contributed by atoms with Gasteiger partial charge in [0.05, 0.1) is 18.7 Å². The number of ketones is 1. The summed E-state index contributed by atoms with van der Waals surface area (Å²) in [5, 5.41) is 13.8. The van der Waals surface area contributed by atoms with E-state index in [-0.39, 0.29) is 25.5 Å². The van der Waals surface area contributed by atoms with Crippen molar-refractivity contribution in [2.45, 2.75) is 18.6 Å². The summed E-state index contributed by atoms with van der Waals surface area (Å²) < 4.78 is 10.7. The Balaban J connectivity index is 1.35. The molecule has 4 aromatic rings. The molecule has 0 radical (unpaired) electrons. The highest BCUT2D eigenvalue weighted by molar-refractivity contribution is 6.11. The summed E-state index contributed by atoms with van der Waals surface area (Å²) in [4.78, 5) is 28.4. The Bertz CT molecular complexity index is 1460. The third-order valence-corrected chi connectivity index (χ3v) is 6.56. The summed E-state index contributed by atoms with van der Waals surface area (Å²) in [6, 6.07) is 25.9. The largest absolute Gasteiger partial charge is 0.454 e. The first-order chi connectivity index (χ1) is 16.5. The van der Waals surface area contributed by atoms with Crippen molar-refractivity contribution < 1.29 is 24.2 Å². The highest BCUT2D eigenvalue weighted by atomic mass is 16.7. The predicted molar refractivity (Wildman–Crippen MR) is 127 cm³/mol. The highest BCUT2D eigenvalue weighted by Gasteiger charge is 2.50. The Morgan fingerprint density at radius 1 is 0.912 bits per heavy atom. The maximum absolute atomic E-state index is 13.7. The summed E-state index contributed by atoms with van der Waals surface area (Å²) >= 11 is 0. The van der Waals surface area contributed by atoms with Crippen LogP contribution in [0.2, 0.25) is 0 Å². The Hall–Kier alpha value is -4.16. The van der Waals surface area contributed by atoms with Gasteiger partial charge in [-0.1, -0.05) is 60.7 Å². The zero-order valence-corrected chi connectivity index (χ0v) is 18.2. The number of carbonyl (C=O) groups is 2. The number of benzene rings is 4. The van der Waals surface area contributed by atoms with Crippen LogP contribution < -0.4 is 14.4 Å². The van der Waals surface area contributed by atoms with Crippen LogP contribution in [0, 0.1) is 0 Å². The summed E-state index contributed by atoms with van der Waals surface area (Å²) in [7, 11) is 0. The van der Waals surface area contributed by atoms with Crippen LogP contribution in [-0.2, 0) is 16.9 Å². The van der Waals surface area contributed by atoms with Crippen LogP contribution in [0.5, 0.6) is 11.5 Å². The van der Waals surface area contributed by atoms with Gasteiger partial charge in [0.15, 0.2) is 22.9 Å². The number of hydrogen-bond donors (Lipinski definition) is 1. The lowest BCUT2D eigenvalue weighted by Crippen LogP contribution is -2.41. The lowest BCUT2D eigenvalue weighted by Gasteiger charge is -2.23. The molecule has 0 saturated heterocycles. The Morgan fingerprint density at radius 3 is 2.59 bits per heavy atom. The molecule has 1 N–H and O–H groups in total. The summed E-state index contributed by atoms with van der Waals surface area (Å²) in [6.07, 6.45) is -0.367. The van der Waals surface area contributed by atoms with Crippen LogP contribution in [0.4, 0.5) is 5.69 Å². The fraction of sp³-hybridized carbons (Fsp3) is 0.143. The van der Waals surface area contributed by atoms with E-state index in [0.29, 0.717) is 28.3 Å². The third kappa shape index (κ3) is 3.15. The molecule has 168 valence electrons. The number of amides is 1. The number of nitrogens with zero attached hydrogens (tertiary/aromatic N) is 1. The van der Waals surface area contributed by atoms with E-state index < -0.39 is 11.5 Å². The molecule has 0 aliphatic carbocycles. The second-order valence-corrected chi connectivity index (χ2v) is 8.57. The monoisotopic (exact) mass is 451 g/mol. The molecule has 0 aromatic heterocycles. The molecule has 0 spiro atoms. The maximum atomic E-state index is 13.7. The van der Waals surface area contributed by atoms with Crippen LogP contribution in [0.25, 0.3) is 10.8 Å². The summed E-state index contributed by atoms with van der Waals surface area (Å²) in [6.45, 7) is 0.392. The van der Waals surface area contributed by atoms with Gasteiger partial charge < -0.3 is 19.5 Å². The van der Waals surface area contributed by atoms with Gasteiger partial charge in [0.2, 0.25) is 6.79 Å². The minimum absolute atomic E-state index is 0.103. The molecule has 2 aliphatic heterocycles. The van der Waals surface area contributed by atoms with Crippen LogP contribution in [0.3, 0.4) is 0 Å². The molecule has 2 aliphatic rings. The third-order valence-electron chi connectivity index (χ3n) is 6.56. The zero-order valence-electron chi connectivity index (χ0n) is 18.2. The molecular weight excluding hydrogens is 430 g/mol. The quantitative estimate of drug-likeness (QED) is 0.450. The number of ether oxygens (including phenoxy) is 2. The number of hydrogen-bond acceptors (Lipinski definition) is 5. The average Bonchev–Trinajstić information content (AvgIpc) is 3.41. The van der Waals surface area contributed by atoms with Gasteiger partial charge in [-0.2, -0.15) is 0 Å². The number of carbonyl (C=O) groups excluding carboxylic acids is 2. The number of rotatable bonds is 5. The number of para-hydroxylation sites is 1. The molecule has 6 rings (SSSR count). The number of Topliss-reactive ketones (excluding diaryl/α,β-unsaturated/α-hetero) is 1. The van der Waals surface area contributed by atoms with E-state index in [0.717, 1.165) is 16.3 Å². The van der Waals surface area contributed by atoms with Crippen molar-refractivity contribution in [1.29, 1.82) is 0 Å². The minimum Gasteiger partial charge on any atom is -0.454 e. The van der Waals surface area contributed by atoms with Gasteiger partial charge >= 0.3 is 0 Å². The summed E-state index contributed by atoms with van der Waals surface area (Å²) in [5.74, 6) is 0.194. The molecule has 1 amide bonds. The van der Waals surface area contributed by atoms with Gasteiger partial charge in [-0.25, -0.2) is 0 Å². The van der Waals surface area contributed by atoms with Crippen LogP contribution in [0.15, 0.2) is 84.9 Å². The molecule has 6 heteroatoms. The fourth-order valence-electron chi connectivity index (χ4n) is 4.84. The van der Waals surface area contributed by atoms with E-state index in [1.54, 1.807) is 41.3 Å². The van der Waals surface area contributed by atoms with Gasteiger partial charge in [0.25, 0.3) is 5.91 Å². The first-order valence-corrected chi connectivity index (χ1v) is 11.1. The Morgan fingerprint density at radius 2 is 1.68 bits per heavy atom. The van der Waals surface area contributed by atoms with Crippen molar-refractivity contribution in [2.24, 2.45) is 0 Å². The van der Waals surface area contributed by atoms with E-state index in [1.165, 1.54) is 0 Å². The van der Waals surface area contributed by atoms with Gasteiger partial charge in [0, 0.05) is 11.1 Å². The van der Waals surface area contributed by atoms with Gasteiger partial charge in [0.1, 0.15) is 0 Å².